The van der Waals surface area contributed by atoms with Crippen molar-refractivity contribution in [3.05, 3.63) is 29.6 Å². The first kappa shape index (κ1) is 14.9. The Labute approximate surface area is 128 Å². The Kier molecular flexibility index (Phi) is 4.57. The summed E-state index contributed by atoms with van der Waals surface area (Å²) in [6.45, 7) is 6.72. The van der Waals surface area contributed by atoms with E-state index in [0.717, 1.165) is 19.6 Å². The first-order valence-corrected chi connectivity index (χ1v) is 8.26. The van der Waals surface area contributed by atoms with Crippen molar-refractivity contribution in [3.8, 4) is 0 Å². The number of nitrogens with zero attached hydrogens (tertiary/aromatic N) is 3. The molecule has 1 aromatic heterocycles. The predicted octanol–water partition coefficient (Wildman–Crippen LogP) is 1.34. The van der Waals surface area contributed by atoms with Crippen molar-refractivity contribution in [3.63, 3.8) is 0 Å². The molecular weight excluding hydrogens is 260 g/mol. The molecule has 2 heterocycles. The Bertz CT molecular complexity index is 476. The van der Waals surface area contributed by atoms with Crippen LogP contribution in [0.2, 0.25) is 0 Å². The molecule has 0 saturated carbocycles. The third-order valence-corrected chi connectivity index (χ3v) is 5.19. The van der Waals surface area contributed by atoms with Crippen LogP contribution >= 0.6 is 0 Å². The molecule has 1 aliphatic heterocycles. The fraction of sp³-hybridized carbons (Fsp3) is 0.706. The largest absolute Gasteiger partial charge is 0.312 e. The van der Waals surface area contributed by atoms with Gasteiger partial charge in [0.25, 0.3) is 0 Å². The van der Waals surface area contributed by atoms with Crippen LogP contribution in [0.15, 0.2) is 18.3 Å². The fourth-order valence-electron chi connectivity index (χ4n) is 4.01. The summed E-state index contributed by atoms with van der Waals surface area (Å²) >= 11 is 0. The van der Waals surface area contributed by atoms with Crippen LogP contribution in [0.4, 0.5) is 0 Å². The summed E-state index contributed by atoms with van der Waals surface area (Å²) in [5, 5.41) is 3.78. The summed E-state index contributed by atoms with van der Waals surface area (Å²) in [7, 11) is 4.51. The van der Waals surface area contributed by atoms with Gasteiger partial charge in [-0.2, -0.15) is 0 Å². The predicted molar refractivity (Wildman–Crippen MR) is 86.7 cm³/mol. The maximum atomic E-state index is 4.71. The molecule has 2 aliphatic rings. The average Bonchev–Trinajstić information content (AvgIpc) is 2.91. The lowest BCUT2D eigenvalue weighted by molar-refractivity contribution is 0.0798. The molecule has 1 fully saturated rings. The molecule has 3 unspecified atom stereocenters. The van der Waals surface area contributed by atoms with E-state index in [1.165, 1.54) is 30.6 Å². The first-order chi connectivity index (χ1) is 10.2. The molecule has 0 aromatic carbocycles. The van der Waals surface area contributed by atoms with Gasteiger partial charge in [-0.1, -0.05) is 13.0 Å². The van der Waals surface area contributed by atoms with E-state index in [1.54, 1.807) is 0 Å². The lowest BCUT2D eigenvalue weighted by Crippen LogP contribution is -2.60. The van der Waals surface area contributed by atoms with E-state index >= 15 is 0 Å². The lowest BCUT2D eigenvalue weighted by atomic mass is 9.88. The zero-order valence-corrected chi connectivity index (χ0v) is 13.5. The van der Waals surface area contributed by atoms with Gasteiger partial charge in [-0.15, -0.1) is 0 Å². The third-order valence-electron chi connectivity index (χ3n) is 5.19. The molecule has 0 radical (unpaired) electrons. The number of hydrogen-bond acceptors (Lipinski definition) is 4. The summed E-state index contributed by atoms with van der Waals surface area (Å²) < 4.78 is 0. The van der Waals surface area contributed by atoms with E-state index in [2.05, 4.69) is 48.3 Å². The average molecular weight is 288 g/mol. The molecule has 1 saturated heterocycles. The second kappa shape index (κ2) is 6.42. The van der Waals surface area contributed by atoms with Crippen molar-refractivity contribution in [1.82, 2.24) is 20.1 Å². The zero-order chi connectivity index (χ0) is 14.8. The van der Waals surface area contributed by atoms with Crippen molar-refractivity contribution < 1.29 is 0 Å². The maximum absolute atomic E-state index is 4.71. The number of likely N-dealkylation sites (N-methyl/N-ethyl adjacent to an activating group) is 3. The van der Waals surface area contributed by atoms with Gasteiger partial charge in [-0.05, 0) is 45.1 Å². The molecule has 3 atom stereocenters. The number of hydrogen-bond donors (Lipinski definition) is 1. The van der Waals surface area contributed by atoms with E-state index in [-0.39, 0.29) is 0 Å². The van der Waals surface area contributed by atoms with E-state index in [9.17, 15) is 0 Å². The fourth-order valence-corrected chi connectivity index (χ4v) is 4.01. The Morgan fingerprint density at radius 3 is 3.05 bits per heavy atom. The number of nitrogens with one attached hydrogen (secondary N) is 1. The molecule has 0 amide bonds. The van der Waals surface area contributed by atoms with Crippen molar-refractivity contribution in [2.24, 2.45) is 0 Å². The Morgan fingerprint density at radius 2 is 2.24 bits per heavy atom. The minimum absolute atomic E-state index is 0.499. The molecule has 1 aliphatic carbocycles. The maximum Gasteiger partial charge on any atom is 0.0482 e. The van der Waals surface area contributed by atoms with Crippen molar-refractivity contribution in [2.75, 3.05) is 40.3 Å². The number of piperazine rings is 1. The van der Waals surface area contributed by atoms with E-state index < -0.39 is 0 Å². The second-order valence-corrected chi connectivity index (χ2v) is 6.59. The van der Waals surface area contributed by atoms with E-state index in [0.29, 0.717) is 18.0 Å². The molecule has 4 nitrogen and oxygen atoms in total. The molecule has 3 rings (SSSR count). The third kappa shape index (κ3) is 2.98. The van der Waals surface area contributed by atoms with Gasteiger partial charge >= 0.3 is 0 Å². The summed E-state index contributed by atoms with van der Waals surface area (Å²) in [6.07, 6.45) is 4.37. The molecule has 1 aromatic rings. The number of aromatic nitrogens is 1. The summed E-state index contributed by atoms with van der Waals surface area (Å²) in [5.74, 6) is 0.556. The van der Waals surface area contributed by atoms with Crippen LogP contribution in [0.3, 0.4) is 0 Å². The van der Waals surface area contributed by atoms with Gasteiger partial charge in [0.2, 0.25) is 0 Å². The standard InChI is InChI=1S/C17H28N4/c1-4-18-17(15-12-20(2)10-11-21(15)3)14-8-7-13-6-5-9-19-16(13)14/h5-6,9,14-15,17-18H,4,7-8,10-12H2,1-3H3. The first-order valence-electron chi connectivity index (χ1n) is 8.26. The van der Waals surface area contributed by atoms with E-state index in [1.807, 2.05) is 6.20 Å². The molecule has 21 heavy (non-hydrogen) atoms. The molecule has 1 N–H and O–H groups in total. The summed E-state index contributed by atoms with van der Waals surface area (Å²) in [4.78, 5) is 9.71. The van der Waals surface area contributed by atoms with Crippen LogP contribution in [0, 0.1) is 0 Å². The quantitative estimate of drug-likeness (QED) is 0.906. The van der Waals surface area contributed by atoms with Crippen molar-refractivity contribution >= 4 is 0 Å². The minimum atomic E-state index is 0.499. The molecule has 0 spiro atoms. The highest BCUT2D eigenvalue weighted by atomic mass is 15.3. The van der Waals surface area contributed by atoms with Gasteiger partial charge in [0.05, 0.1) is 0 Å². The number of rotatable bonds is 4. The van der Waals surface area contributed by atoms with Gasteiger partial charge < -0.3 is 10.2 Å². The number of aryl methyl sites for hydroxylation is 1. The van der Waals surface area contributed by atoms with Crippen LogP contribution in [-0.4, -0.2) is 67.1 Å². The van der Waals surface area contributed by atoms with Gasteiger partial charge in [0, 0.05) is 49.5 Å². The van der Waals surface area contributed by atoms with Gasteiger partial charge in [-0.3, -0.25) is 9.88 Å². The molecular formula is C17H28N4. The highest BCUT2D eigenvalue weighted by Gasteiger charge is 2.38. The van der Waals surface area contributed by atoms with Gasteiger partial charge in [0.1, 0.15) is 0 Å². The summed E-state index contributed by atoms with van der Waals surface area (Å²) in [5.41, 5.74) is 2.79. The lowest BCUT2D eigenvalue weighted by Gasteiger charge is -2.44. The summed E-state index contributed by atoms with van der Waals surface area (Å²) in [6, 6.07) is 5.40. The van der Waals surface area contributed by atoms with Crippen molar-refractivity contribution in [2.45, 2.75) is 37.8 Å². The molecule has 4 heteroatoms. The van der Waals surface area contributed by atoms with Crippen LogP contribution in [0.1, 0.15) is 30.5 Å². The Balaban J connectivity index is 1.85. The Hall–Kier alpha value is -0.970. The molecule has 116 valence electrons. The smallest absolute Gasteiger partial charge is 0.0482 e. The van der Waals surface area contributed by atoms with Crippen LogP contribution in [-0.2, 0) is 6.42 Å². The van der Waals surface area contributed by atoms with Crippen LogP contribution in [0.5, 0.6) is 0 Å². The van der Waals surface area contributed by atoms with Gasteiger partial charge in [0.15, 0.2) is 0 Å². The zero-order valence-electron chi connectivity index (χ0n) is 13.5. The Morgan fingerprint density at radius 1 is 1.38 bits per heavy atom. The SMILES string of the molecule is CCNC(C1CCc2cccnc21)C1CN(C)CCN1C. The number of fused-ring (bicyclic) bond motifs is 1. The second-order valence-electron chi connectivity index (χ2n) is 6.59. The number of pyridine rings is 1. The van der Waals surface area contributed by atoms with Crippen LogP contribution < -0.4 is 5.32 Å². The van der Waals surface area contributed by atoms with Crippen LogP contribution in [0.25, 0.3) is 0 Å². The highest BCUT2D eigenvalue weighted by molar-refractivity contribution is 5.30. The monoisotopic (exact) mass is 288 g/mol. The molecule has 0 bridgehead atoms. The normalized spacial score (nSPS) is 28.5. The highest BCUT2D eigenvalue weighted by Crippen LogP contribution is 2.36. The minimum Gasteiger partial charge on any atom is -0.312 e. The van der Waals surface area contributed by atoms with Gasteiger partial charge in [-0.25, -0.2) is 0 Å². The van der Waals surface area contributed by atoms with E-state index in [4.69, 9.17) is 4.98 Å². The van der Waals surface area contributed by atoms with Crippen molar-refractivity contribution in [1.29, 1.82) is 0 Å². The topological polar surface area (TPSA) is 31.4 Å².